The van der Waals surface area contributed by atoms with Gasteiger partial charge in [-0.3, -0.25) is 0 Å². The molecule has 0 aliphatic heterocycles. The molecule has 0 radical (unpaired) electrons. The van der Waals surface area contributed by atoms with Crippen molar-refractivity contribution in [3.8, 4) is 0 Å². The van der Waals surface area contributed by atoms with Crippen LogP contribution in [0.4, 0.5) is 4.79 Å². The highest BCUT2D eigenvalue weighted by molar-refractivity contribution is 5.83. The summed E-state index contributed by atoms with van der Waals surface area (Å²) in [4.78, 5) is 25.3. The molecule has 1 aliphatic carbocycles. The summed E-state index contributed by atoms with van der Waals surface area (Å²) in [6, 6.07) is -0.830. The van der Waals surface area contributed by atoms with Gasteiger partial charge in [-0.15, -0.1) is 0 Å². The fourth-order valence-electron chi connectivity index (χ4n) is 2.03. The van der Waals surface area contributed by atoms with Gasteiger partial charge in [0.25, 0.3) is 0 Å². The van der Waals surface area contributed by atoms with E-state index >= 15 is 0 Å². The van der Waals surface area contributed by atoms with E-state index in [1.54, 1.807) is 4.90 Å². The second kappa shape index (κ2) is 5.80. The standard InChI is InChI=1S/C14H26N2O3/c1-9(2)8-16(10-6-7-10)13(19)15-11(12(17)18)14(3,4)5/h9-11H,6-8H2,1-5H3,(H,15,19)(H,17,18). The van der Waals surface area contributed by atoms with Gasteiger partial charge in [0.15, 0.2) is 0 Å². The average molecular weight is 270 g/mol. The van der Waals surface area contributed by atoms with Crippen LogP contribution in [-0.4, -0.2) is 40.6 Å². The lowest BCUT2D eigenvalue weighted by molar-refractivity contribution is -0.142. The Morgan fingerprint density at radius 3 is 2.16 bits per heavy atom. The van der Waals surface area contributed by atoms with Crippen LogP contribution in [0.1, 0.15) is 47.5 Å². The van der Waals surface area contributed by atoms with Gasteiger partial charge in [-0.1, -0.05) is 34.6 Å². The molecule has 2 amide bonds. The lowest BCUT2D eigenvalue weighted by atomic mass is 9.87. The first-order valence-electron chi connectivity index (χ1n) is 6.93. The van der Waals surface area contributed by atoms with Crippen molar-refractivity contribution in [2.45, 2.75) is 59.5 Å². The molecule has 0 aromatic carbocycles. The maximum atomic E-state index is 12.3. The topological polar surface area (TPSA) is 69.6 Å². The van der Waals surface area contributed by atoms with E-state index in [1.165, 1.54) is 0 Å². The normalized spacial score (nSPS) is 17.2. The molecular formula is C14H26N2O3. The Hall–Kier alpha value is -1.26. The van der Waals surface area contributed by atoms with Gasteiger partial charge in [0.1, 0.15) is 6.04 Å². The van der Waals surface area contributed by atoms with Crippen LogP contribution in [0.3, 0.4) is 0 Å². The number of aliphatic carboxylic acids is 1. The summed E-state index contributed by atoms with van der Waals surface area (Å²) in [7, 11) is 0. The quantitative estimate of drug-likeness (QED) is 0.805. The summed E-state index contributed by atoms with van der Waals surface area (Å²) in [6.07, 6.45) is 2.04. The number of carbonyl (C=O) groups is 2. The summed E-state index contributed by atoms with van der Waals surface area (Å²) >= 11 is 0. The summed E-state index contributed by atoms with van der Waals surface area (Å²) in [5.74, 6) is -0.606. The highest BCUT2D eigenvalue weighted by Gasteiger charge is 2.37. The minimum Gasteiger partial charge on any atom is -0.480 e. The first-order chi connectivity index (χ1) is 8.62. The van der Waals surface area contributed by atoms with Crippen molar-refractivity contribution >= 4 is 12.0 Å². The number of carboxylic acid groups (broad SMARTS) is 1. The molecule has 0 aromatic rings. The van der Waals surface area contributed by atoms with Crippen molar-refractivity contribution in [2.24, 2.45) is 11.3 Å². The lowest BCUT2D eigenvalue weighted by Crippen LogP contribution is -2.54. The zero-order valence-corrected chi connectivity index (χ0v) is 12.6. The van der Waals surface area contributed by atoms with Crippen molar-refractivity contribution in [3.63, 3.8) is 0 Å². The van der Waals surface area contributed by atoms with Crippen LogP contribution in [0.2, 0.25) is 0 Å². The summed E-state index contributed by atoms with van der Waals surface area (Å²) in [5.41, 5.74) is -0.505. The number of nitrogens with one attached hydrogen (secondary N) is 1. The number of carbonyl (C=O) groups excluding carboxylic acids is 1. The van der Waals surface area contributed by atoms with Gasteiger partial charge in [-0.25, -0.2) is 9.59 Å². The number of carboxylic acids is 1. The maximum absolute atomic E-state index is 12.3. The minimum atomic E-state index is -0.985. The zero-order chi connectivity index (χ0) is 14.8. The highest BCUT2D eigenvalue weighted by atomic mass is 16.4. The Labute approximate surface area is 115 Å². The SMILES string of the molecule is CC(C)CN(C(=O)NC(C(=O)O)C(C)(C)C)C1CC1. The third-order valence-electron chi connectivity index (χ3n) is 3.19. The zero-order valence-electron chi connectivity index (χ0n) is 12.6. The van der Waals surface area contributed by atoms with E-state index in [0.717, 1.165) is 12.8 Å². The van der Waals surface area contributed by atoms with Gasteiger partial charge in [0.05, 0.1) is 0 Å². The number of rotatable bonds is 5. The van der Waals surface area contributed by atoms with E-state index in [-0.39, 0.29) is 12.1 Å². The number of urea groups is 1. The molecule has 1 saturated carbocycles. The number of nitrogens with zero attached hydrogens (tertiary/aromatic N) is 1. The number of hydrogen-bond acceptors (Lipinski definition) is 2. The number of hydrogen-bond donors (Lipinski definition) is 2. The minimum absolute atomic E-state index is 0.251. The molecule has 0 heterocycles. The van der Waals surface area contributed by atoms with Crippen molar-refractivity contribution in [1.29, 1.82) is 0 Å². The van der Waals surface area contributed by atoms with Gasteiger partial charge in [0, 0.05) is 12.6 Å². The smallest absolute Gasteiger partial charge is 0.326 e. The monoisotopic (exact) mass is 270 g/mol. The molecule has 0 saturated heterocycles. The van der Waals surface area contributed by atoms with E-state index in [4.69, 9.17) is 0 Å². The van der Waals surface area contributed by atoms with Crippen molar-refractivity contribution in [1.82, 2.24) is 10.2 Å². The molecule has 0 aromatic heterocycles. The Morgan fingerprint density at radius 1 is 1.32 bits per heavy atom. The molecule has 19 heavy (non-hydrogen) atoms. The predicted octanol–water partition coefficient (Wildman–Crippen LogP) is 2.32. The molecule has 1 aliphatic rings. The van der Waals surface area contributed by atoms with E-state index < -0.39 is 17.4 Å². The molecule has 0 spiro atoms. The molecule has 5 heteroatoms. The fourth-order valence-corrected chi connectivity index (χ4v) is 2.03. The predicted molar refractivity (Wildman–Crippen MR) is 74.0 cm³/mol. The van der Waals surface area contributed by atoms with E-state index in [9.17, 15) is 14.7 Å². The second-order valence-corrected chi connectivity index (χ2v) is 6.86. The van der Waals surface area contributed by atoms with Crippen LogP contribution < -0.4 is 5.32 Å². The van der Waals surface area contributed by atoms with Crippen LogP contribution >= 0.6 is 0 Å². The van der Waals surface area contributed by atoms with E-state index in [0.29, 0.717) is 12.5 Å². The average Bonchev–Trinajstić information content (AvgIpc) is 3.03. The fraction of sp³-hybridized carbons (Fsp3) is 0.857. The third-order valence-corrected chi connectivity index (χ3v) is 3.19. The summed E-state index contributed by atoms with van der Waals surface area (Å²) < 4.78 is 0. The molecule has 5 nitrogen and oxygen atoms in total. The molecule has 1 rings (SSSR count). The van der Waals surface area contributed by atoms with Gasteiger partial charge in [-0.05, 0) is 24.2 Å². The first-order valence-corrected chi connectivity index (χ1v) is 6.93. The van der Waals surface area contributed by atoms with E-state index in [2.05, 4.69) is 19.2 Å². The van der Waals surface area contributed by atoms with Crippen LogP contribution in [-0.2, 0) is 4.79 Å². The van der Waals surface area contributed by atoms with Crippen LogP contribution in [0.25, 0.3) is 0 Å². The Morgan fingerprint density at radius 2 is 1.84 bits per heavy atom. The highest BCUT2D eigenvalue weighted by Crippen LogP contribution is 2.28. The van der Waals surface area contributed by atoms with E-state index in [1.807, 2.05) is 20.8 Å². The van der Waals surface area contributed by atoms with Gasteiger partial charge in [-0.2, -0.15) is 0 Å². The number of amides is 2. The van der Waals surface area contributed by atoms with Crippen molar-refractivity contribution < 1.29 is 14.7 Å². The Balaban J connectivity index is 2.71. The molecule has 0 bridgehead atoms. The van der Waals surface area contributed by atoms with Gasteiger partial charge < -0.3 is 15.3 Å². The molecule has 2 N–H and O–H groups in total. The third kappa shape index (κ3) is 4.73. The Bertz CT molecular complexity index is 343. The summed E-state index contributed by atoms with van der Waals surface area (Å²) in [6.45, 7) is 10.2. The lowest BCUT2D eigenvalue weighted by Gasteiger charge is -2.31. The maximum Gasteiger partial charge on any atom is 0.326 e. The van der Waals surface area contributed by atoms with Gasteiger partial charge in [0.2, 0.25) is 0 Å². The van der Waals surface area contributed by atoms with Crippen molar-refractivity contribution in [2.75, 3.05) is 6.54 Å². The summed E-state index contributed by atoms with van der Waals surface area (Å²) in [5, 5.41) is 11.9. The second-order valence-electron chi connectivity index (χ2n) is 6.86. The van der Waals surface area contributed by atoms with Crippen LogP contribution in [0.15, 0.2) is 0 Å². The molecule has 1 fully saturated rings. The molecule has 110 valence electrons. The van der Waals surface area contributed by atoms with Crippen LogP contribution in [0.5, 0.6) is 0 Å². The molecule has 1 atom stereocenters. The van der Waals surface area contributed by atoms with Gasteiger partial charge >= 0.3 is 12.0 Å². The Kier molecular flexibility index (Phi) is 4.82. The first kappa shape index (κ1) is 15.8. The van der Waals surface area contributed by atoms with Crippen molar-refractivity contribution in [3.05, 3.63) is 0 Å². The largest absolute Gasteiger partial charge is 0.480 e. The molecule has 1 unspecified atom stereocenters. The molecular weight excluding hydrogens is 244 g/mol. The van der Waals surface area contributed by atoms with Crippen LogP contribution in [0, 0.1) is 11.3 Å².